The first-order valence-electron chi connectivity index (χ1n) is 16.1. The van der Waals surface area contributed by atoms with Crippen molar-refractivity contribution >= 4 is 29.6 Å². The second-order valence-corrected chi connectivity index (χ2v) is 11.5. The van der Waals surface area contributed by atoms with Crippen LogP contribution in [0.5, 0.6) is 0 Å². The summed E-state index contributed by atoms with van der Waals surface area (Å²) < 4.78 is 2.21. The van der Waals surface area contributed by atoms with Gasteiger partial charge in [0, 0.05) is 56.8 Å². The second kappa shape index (κ2) is 16.8. The molecular weight excluding hydrogens is 550 g/mol. The van der Waals surface area contributed by atoms with Crippen LogP contribution in [0.1, 0.15) is 57.2 Å². The molecule has 0 atom stereocenters. The van der Waals surface area contributed by atoms with Crippen molar-refractivity contribution in [3.8, 4) is 0 Å². The van der Waals surface area contributed by atoms with E-state index < -0.39 is 0 Å². The minimum absolute atomic E-state index is 0.544. The molecule has 2 heterocycles. The maximum absolute atomic E-state index is 12.1. The van der Waals surface area contributed by atoms with Gasteiger partial charge >= 0.3 is 5.69 Å². The van der Waals surface area contributed by atoms with Gasteiger partial charge in [0.05, 0.1) is 22.4 Å². The summed E-state index contributed by atoms with van der Waals surface area (Å²) in [7, 11) is 5.47. The van der Waals surface area contributed by atoms with Crippen LogP contribution in [0.4, 0.5) is 17.5 Å². The predicted octanol–water partition coefficient (Wildman–Crippen LogP) is 4.96. The lowest BCUT2D eigenvalue weighted by Crippen LogP contribution is -2.36. The quantitative estimate of drug-likeness (QED) is 0.212. The van der Waals surface area contributed by atoms with Gasteiger partial charge < -0.3 is 20.1 Å². The molecule has 9 nitrogen and oxygen atoms in total. The Morgan fingerprint density at radius 2 is 1.77 bits per heavy atom. The Hall–Kier alpha value is -3.98. The summed E-state index contributed by atoms with van der Waals surface area (Å²) in [5.41, 5.74) is 2.74. The fraction of sp³-hybridized carbons (Fsp3) is 0.486. The van der Waals surface area contributed by atoms with Gasteiger partial charge in [-0.15, -0.1) is 0 Å². The van der Waals surface area contributed by atoms with Crippen LogP contribution >= 0.6 is 0 Å². The molecule has 2 aliphatic carbocycles. The van der Waals surface area contributed by atoms with E-state index in [0.29, 0.717) is 23.1 Å². The Morgan fingerprint density at radius 1 is 1.02 bits per heavy atom. The van der Waals surface area contributed by atoms with Crippen LogP contribution < -0.4 is 26.1 Å². The Balaban J connectivity index is 0.00000216. The molecule has 44 heavy (non-hydrogen) atoms. The molecule has 0 radical (unpaired) electrons. The van der Waals surface area contributed by atoms with E-state index in [9.17, 15) is 4.91 Å². The molecule has 3 aromatic rings. The molecule has 2 aliphatic rings. The third kappa shape index (κ3) is 8.78. The van der Waals surface area contributed by atoms with Crippen LogP contribution in [-0.2, 0) is 17.8 Å². The standard InChI is InChI=1S/C33H44N7O2.C2H6/c1-38(2)32-29-12-5-4-6-13-30(29)36-33(37-32)35-23-26-17-15-25(16-18-26)22-34-20-19-28-11-9-21-39(28)24-27-10-7-8-14-31(27)40(41)42-3;1-2/h4,6-14,21,25-26,34H,5,15-20,22-24H2,1-3H3,(H,35,36);1-2H3/q+1;. The highest BCUT2D eigenvalue weighted by molar-refractivity contribution is 5.53. The van der Waals surface area contributed by atoms with Crippen molar-refractivity contribution in [2.24, 2.45) is 11.8 Å². The van der Waals surface area contributed by atoms with Crippen molar-refractivity contribution in [3.05, 3.63) is 81.5 Å². The van der Waals surface area contributed by atoms with E-state index in [0.717, 1.165) is 66.3 Å². The van der Waals surface area contributed by atoms with Crippen LogP contribution in [-0.4, -0.2) is 60.3 Å². The molecule has 5 rings (SSSR count). The molecular formula is C35H50N7O2+. The van der Waals surface area contributed by atoms with Gasteiger partial charge in [0.25, 0.3) is 4.92 Å². The third-order valence-corrected chi connectivity index (χ3v) is 8.35. The molecule has 0 bridgehead atoms. The molecule has 0 saturated heterocycles. The van der Waals surface area contributed by atoms with Gasteiger partial charge in [0.2, 0.25) is 5.95 Å². The van der Waals surface area contributed by atoms with Gasteiger partial charge in [0.15, 0.2) is 7.11 Å². The van der Waals surface area contributed by atoms with Gasteiger partial charge in [0.1, 0.15) is 5.82 Å². The van der Waals surface area contributed by atoms with E-state index in [4.69, 9.17) is 14.8 Å². The number of anilines is 2. The normalized spacial score (nSPS) is 17.2. The molecule has 0 aliphatic heterocycles. The lowest BCUT2D eigenvalue weighted by molar-refractivity contribution is -0.737. The van der Waals surface area contributed by atoms with Gasteiger partial charge in [-0.1, -0.05) is 50.3 Å². The number of hydrogen-bond donors (Lipinski definition) is 2. The SMILES string of the molecule is CC.CO[N+](=O)c1ccccc1Cn1cccc1CCNCC1CCC(CNc2nc(N(C)C)c3c(n2)=CC=CCC=3)CC1. The fourth-order valence-electron chi connectivity index (χ4n) is 5.97. The molecule has 2 aromatic heterocycles. The zero-order chi connectivity index (χ0) is 31.3. The minimum atomic E-state index is 0.544. The average Bonchev–Trinajstić information content (AvgIpc) is 3.35. The van der Waals surface area contributed by atoms with Crippen molar-refractivity contribution < 1.29 is 9.76 Å². The van der Waals surface area contributed by atoms with Crippen LogP contribution in [0.2, 0.25) is 0 Å². The Bertz CT molecular complexity index is 1500. The summed E-state index contributed by atoms with van der Waals surface area (Å²) >= 11 is 0. The number of hydrogen-bond acceptors (Lipinski definition) is 7. The van der Waals surface area contributed by atoms with E-state index in [2.05, 4.69) is 62.7 Å². The Morgan fingerprint density at radius 3 is 2.52 bits per heavy atom. The molecule has 1 saturated carbocycles. The van der Waals surface area contributed by atoms with Crippen LogP contribution in [0.3, 0.4) is 0 Å². The highest BCUT2D eigenvalue weighted by atomic mass is 16.8. The van der Waals surface area contributed by atoms with Crippen molar-refractivity contribution in [2.75, 3.05) is 51.1 Å². The molecule has 1 aromatic carbocycles. The zero-order valence-electron chi connectivity index (χ0n) is 27.1. The van der Waals surface area contributed by atoms with E-state index in [1.165, 1.54) is 38.5 Å². The van der Waals surface area contributed by atoms with E-state index >= 15 is 0 Å². The minimum Gasteiger partial charge on any atom is -0.362 e. The smallest absolute Gasteiger partial charge is 0.321 e. The third-order valence-electron chi connectivity index (χ3n) is 8.35. The summed E-state index contributed by atoms with van der Waals surface area (Å²) in [5, 5.41) is 9.34. The molecule has 2 N–H and O–H groups in total. The number of para-hydroxylation sites is 1. The fourth-order valence-corrected chi connectivity index (χ4v) is 5.97. The number of aromatic nitrogens is 3. The number of fused-ring (bicyclic) bond motifs is 1. The number of benzene rings is 1. The summed E-state index contributed by atoms with van der Waals surface area (Å²) in [6.07, 6.45) is 17.4. The summed E-state index contributed by atoms with van der Waals surface area (Å²) in [5.74, 6) is 3.06. The van der Waals surface area contributed by atoms with Gasteiger partial charge in [-0.25, -0.2) is 9.82 Å². The highest BCUT2D eigenvalue weighted by Crippen LogP contribution is 2.28. The van der Waals surface area contributed by atoms with Crippen LogP contribution in [0.15, 0.2) is 54.7 Å². The van der Waals surface area contributed by atoms with E-state index in [1.807, 2.05) is 46.1 Å². The maximum atomic E-state index is 12.1. The van der Waals surface area contributed by atoms with Crippen molar-refractivity contribution in [1.82, 2.24) is 19.9 Å². The molecule has 236 valence electrons. The molecule has 0 spiro atoms. The largest absolute Gasteiger partial charge is 0.362 e. The first-order chi connectivity index (χ1) is 21.5. The van der Waals surface area contributed by atoms with Gasteiger partial charge in [-0.3, -0.25) is 0 Å². The van der Waals surface area contributed by atoms with Crippen molar-refractivity contribution in [1.29, 1.82) is 0 Å². The lowest BCUT2D eigenvalue weighted by atomic mass is 9.82. The van der Waals surface area contributed by atoms with Gasteiger partial charge in [-0.2, -0.15) is 4.98 Å². The van der Waals surface area contributed by atoms with Crippen LogP contribution in [0.25, 0.3) is 12.2 Å². The van der Waals surface area contributed by atoms with Gasteiger partial charge in [-0.05, 0) is 68.7 Å². The maximum Gasteiger partial charge on any atom is 0.321 e. The molecule has 0 amide bonds. The molecule has 0 unspecified atom stereocenters. The molecule has 1 fully saturated rings. The van der Waals surface area contributed by atoms with Crippen LogP contribution in [0, 0.1) is 16.7 Å². The summed E-state index contributed by atoms with van der Waals surface area (Å²) in [6, 6.07) is 11.8. The lowest BCUT2D eigenvalue weighted by Gasteiger charge is -2.29. The number of rotatable bonds is 13. The Kier molecular flexibility index (Phi) is 12.5. The number of nitrogens with zero attached hydrogens (tertiary/aromatic N) is 5. The van der Waals surface area contributed by atoms with Crippen molar-refractivity contribution in [2.45, 2.75) is 58.9 Å². The predicted molar refractivity (Wildman–Crippen MR) is 180 cm³/mol. The average molecular weight is 601 g/mol. The van der Waals surface area contributed by atoms with E-state index in [1.54, 1.807) is 6.07 Å². The topological polar surface area (TPSA) is 87.3 Å². The monoisotopic (exact) mass is 600 g/mol. The number of nitrogens with one attached hydrogen (secondary N) is 2. The Labute approximate surface area is 262 Å². The summed E-state index contributed by atoms with van der Waals surface area (Å²) in [4.78, 5) is 29.3. The first kappa shape index (κ1) is 32.9. The second-order valence-electron chi connectivity index (χ2n) is 11.5. The summed E-state index contributed by atoms with van der Waals surface area (Å²) in [6.45, 7) is 7.55. The number of allylic oxidation sites excluding steroid dienone is 2. The highest BCUT2D eigenvalue weighted by Gasteiger charge is 2.22. The van der Waals surface area contributed by atoms with E-state index in [-0.39, 0.29) is 0 Å². The zero-order valence-corrected chi connectivity index (χ0v) is 27.1. The van der Waals surface area contributed by atoms with Crippen molar-refractivity contribution in [3.63, 3.8) is 0 Å². The molecule has 9 heteroatoms. The first-order valence-corrected chi connectivity index (χ1v) is 16.1.